The van der Waals surface area contributed by atoms with Crippen molar-refractivity contribution in [1.29, 1.82) is 0 Å². The molecule has 0 radical (unpaired) electrons. The zero-order valence-corrected chi connectivity index (χ0v) is 25.1. The van der Waals surface area contributed by atoms with E-state index in [4.69, 9.17) is 4.74 Å². The van der Waals surface area contributed by atoms with Crippen LogP contribution in [0.1, 0.15) is 55.9 Å². The van der Waals surface area contributed by atoms with Gasteiger partial charge in [0.05, 0.1) is 0 Å². The van der Waals surface area contributed by atoms with E-state index in [1.807, 2.05) is 74.7 Å². The molecule has 5 nitrogen and oxygen atoms in total. The first-order valence-corrected chi connectivity index (χ1v) is 14.7. The molecule has 3 aliphatic heterocycles. The topological polar surface area (TPSA) is 58.7 Å². The Labute approximate surface area is 255 Å². The molecule has 0 fully saturated rings. The lowest BCUT2D eigenvalue weighted by Gasteiger charge is -2.25. The van der Waals surface area contributed by atoms with Crippen molar-refractivity contribution >= 4 is 30.4 Å². The third-order valence-corrected chi connectivity index (χ3v) is 7.69. The molecule has 2 unspecified atom stereocenters. The van der Waals surface area contributed by atoms with E-state index in [1.165, 1.54) is 11.1 Å². The summed E-state index contributed by atoms with van der Waals surface area (Å²) in [4.78, 5) is 17.6. The van der Waals surface area contributed by atoms with Gasteiger partial charge in [-0.3, -0.25) is 20.0 Å². The minimum Gasteiger partial charge on any atom is -0.457 e. The second-order valence-corrected chi connectivity index (χ2v) is 11.1. The Kier molecular flexibility index (Phi) is 9.52. The van der Waals surface area contributed by atoms with E-state index in [0.717, 1.165) is 47.5 Å². The summed E-state index contributed by atoms with van der Waals surface area (Å²) in [5.74, 6) is 1.57. The smallest absolute Gasteiger partial charge is 0.128 e. The first kappa shape index (κ1) is 29.6. The average molecular weight is 567 g/mol. The third-order valence-electron chi connectivity index (χ3n) is 7.69. The summed E-state index contributed by atoms with van der Waals surface area (Å²) < 4.78 is 6.75. The highest BCUT2D eigenvalue weighted by molar-refractivity contribution is 5.84. The van der Waals surface area contributed by atoms with Crippen LogP contribution in [-0.2, 0) is 17.3 Å². The van der Waals surface area contributed by atoms with Crippen LogP contribution < -0.4 is 4.74 Å². The Morgan fingerprint density at radius 3 is 2.19 bits per heavy atom. The summed E-state index contributed by atoms with van der Waals surface area (Å²) in [5.41, 5.74) is 4.93. The Morgan fingerprint density at radius 2 is 1.47 bits per heavy atom. The SMILES string of the molecule is CC=N/C=C\CCc1cc(Oc2cc(C3=CC=CN=CC3)cc(C3(C)C=CC=CN=C3)c2)cc(C2(C)C=CC=CN=C2)c1. The maximum absolute atomic E-state index is 6.75. The van der Waals surface area contributed by atoms with Crippen LogP contribution >= 0.6 is 0 Å². The highest BCUT2D eigenvalue weighted by Gasteiger charge is 2.25. The molecule has 0 N–H and O–H groups in total. The molecule has 2 atom stereocenters. The maximum atomic E-state index is 6.75. The molecule has 0 amide bonds. The molecule has 5 rings (SSSR count). The zero-order valence-electron chi connectivity index (χ0n) is 25.1. The van der Waals surface area contributed by atoms with Gasteiger partial charge in [0.1, 0.15) is 11.5 Å². The van der Waals surface area contributed by atoms with Crippen LogP contribution in [0.4, 0.5) is 0 Å². The number of hydrogen-bond acceptors (Lipinski definition) is 5. The number of nitrogens with zero attached hydrogens (tertiary/aromatic N) is 4. The number of aliphatic imine (C=N–C) groups is 4. The zero-order chi connectivity index (χ0) is 30.0. The van der Waals surface area contributed by atoms with Gasteiger partial charge in [-0.1, -0.05) is 42.5 Å². The van der Waals surface area contributed by atoms with Gasteiger partial charge >= 0.3 is 0 Å². The first-order valence-electron chi connectivity index (χ1n) is 14.7. The Hall–Kier alpha value is -4.90. The van der Waals surface area contributed by atoms with E-state index in [0.29, 0.717) is 0 Å². The van der Waals surface area contributed by atoms with E-state index in [1.54, 1.807) is 6.21 Å². The number of rotatable bonds is 9. The average Bonchev–Trinajstić information content (AvgIpc) is 3.51. The summed E-state index contributed by atoms with van der Waals surface area (Å²) in [6, 6.07) is 13.0. The standard InChI is InChI=1S/C38H38N4O/c1-4-39-17-8-5-12-30-22-33(37(2)15-6-9-18-41-28-37)26-35(23-30)43-36-25-32(31-13-11-20-40-21-14-31)24-34(27-36)38(3)16-7-10-19-42-29-38/h4,6-11,13,15-29H,5,12,14H2,1-3H3/b17-8-,39-4?. The van der Waals surface area contributed by atoms with Crippen molar-refractivity contribution in [3.8, 4) is 11.5 Å². The summed E-state index contributed by atoms with van der Waals surface area (Å²) in [6.45, 7) is 6.27. The molecule has 0 saturated carbocycles. The number of aryl methyl sites for hydroxylation is 1. The minimum atomic E-state index is -0.394. The van der Waals surface area contributed by atoms with Crippen LogP contribution in [0.15, 0.2) is 136 Å². The van der Waals surface area contributed by atoms with Crippen molar-refractivity contribution in [2.24, 2.45) is 20.0 Å². The van der Waals surface area contributed by atoms with Crippen molar-refractivity contribution in [3.63, 3.8) is 0 Å². The van der Waals surface area contributed by atoms with Gasteiger partial charge in [-0.25, -0.2) is 0 Å². The third kappa shape index (κ3) is 7.69. The summed E-state index contributed by atoms with van der Waals surface area (Å²) in [6.07, 6.45) is 36.1. The van der Waals surface area contributed by atoms with Crippen LogP contribution in [0.2, 0.25) is 0 Å². The van der Waals surface area contributed by atoms with Crippen LogP contribution in [0, 0.1) is 0 Å². The van der Waals surface area contributed by atoms with Gasteiger partial charge < -0.3 is 4.74 Å². The van der Waals surface area contributed by atoms with E-state index >= 15 is 0 Å². The molecule has 0 aromatic heterocycles. The molecular weight excluding hydrogens is 528 g/mol. The fourth-order valence-corrected chi connectivity index (χ4v) is 5.17. The first-order chi connectivity index (χ1) is 21.0. The van der Waals surface area contributed by atoms with E-state index in [-0.39, 0.29) is 5.41 Å². The van der Waals surface area contributed by atoms with Crippen molar-refractivity contribution in [1.82, 2.24) is 0 Å². The Bertz CT molecular complexity index is 1620. The van der Waals surface area contributed by atoms with Crippen LogP contribution in [0.25, 0.3) is 5.57 Å². The number of allylic oxidation sites excluding steroid dienone is 10. The Morgan fingerprint density at radius 1 is 0.791 bits per heavy atom. The minimum absolute atomic E-state index is 0.369. The van der Waals surface area contributed by atoms with Gasteiger partial charge in [-0.15, -0.1) is 0 Å². The molecule has 2 aromatic carbocycles. The van der Waals surface area contributed by atoms with Crippen molar-refractivity contribution in [3.05, 3.63) is 138 Å². The summed E-state index contributed by atoms with van der Waals surface area (Å²) in [7, 11) is 0. The largest absolute Gasteiger partial charge is 0.457 e. The molecule has 3 aliphatic rings. The van der Waals surface area contributed by atoms with Crippen LogP contribution in [0.3, 0.4) is 0 Å². The van der Waals surface area contributed by atoms with E-state index < -0.39 is 5.41 Å². The molecule has 3 heterocycles. The normalized spacial score (nSPS) is 22.7. The molecule has 2 aromatic rings. The van der Waals surface area contributed by atoms with Gasteiger partial charge in [0.25, 0.3) is 0 Å². The van der Waals surface area contributed by atoms with Gasteiger partial charge in [0.2, 0.25) is 0 Å². The van der Waals surface area contributed by atoms with E-state index in [2.05, 4.69) is 101 Å². The lowest BCUT2D eigenvalue weighted by atomic mass is 9.81. The fourth-order valence-electron chi connectivity index (χ4n) is 5.17. The Balaban J connectivity index is 1.57. The number of benzene rings is 2. The summed E-state index contributed by atoms with van der Waals surface area (Å²) >= 11 is 0. The number of hydrogen-bond donors (Lipinski definition) is 0. The highest BCUT2D eigenvalue weighted by Crippen LogP contribution is 2.37. The fraction of sp³-hybridized carbons (Fsp3) is 0.211. The molecule has 216 valence electrons. The molecule has 0 spiro atoms. The molecule has 5 heteroatoms. The second-order valence-electron chi connectivity index (χ2n) is 11.1. The lowest BCUT2D eigenvalue weighted by molar-refractivity contribution is 0.479. The van der Waals surface area contributed by atoms with Crippen LogP contribution in [-0.4, -0.2) is 24.9 Å². The molecule has 0 bridgehead atoms. The van der Waals surface area contributed by atoms with Crippen molar-refractivity contribution in [2.45, 2.75) is 50.9 Å². The van der Waals surface area contributed by atoms with E-state index in [9.17, 15) is 0 Å². The predicted molar refractivity (Wildman–Crippen MR) is 183 cm³/mol. The predicted octanol–water partition coefficient (Wildman–Crippen LogP) is 9.21. The van der Waals surface area contributed by atoms with Crippen LogP contribution in [0.5, 0.6) is 11.5 Å². The monoisotopic (exact) mass is 566 g/mol. The molecule has 0 saturated heterocycles. The lowest BCUT2D eigenvalue weighted by Crippen LogP contribution is -2.21. The highest BCUT2D eigenvalue weighted by atomic mass is 16.5. The molecule has 0 aliphatic carbocycles. The maximum Gasteiger partial charge on any atom is 0.128 e. The van der Waals surface area contributed by atoms with Gasteiger partial charge in [0.15, 0.2) is 0 Å². The summed E-state index contributed by atoms with van der Waals surface area (Å²) in [5, 5.41) is 0. The number of ether oxygens (including phenoxy) is 1. The van der Waals surface area contributed by atoms with Gasteiger partial charge in [-0.05, 0) is 110 Å². The second kappa shape index (κ2) is 13.8. The molecular formula is C38H38N4O. The van der Waals surface area contributed by atoms with Crippen molar-refractivity contribution in [2.75, 3.05) is 0 Å². The van der Waals surface area contributed by atoms with Crippen molar-refractivity contribution < 1.29 is 4.74 Å². The molecule has 43 heavy (non-hydrogen) atoms. The van der Waals surface area contributed by atoms with Gasteiger partial charge in [0, 0.05) is 66.9 Å². The van der Waals surface area contributed by atoms with Gasteiger partial charge in [-0.2, -0.15) is 0 Å². The quantitative estimate of drug-likeness (QED) is 0.279.